The SMILES string of the molecule is CCc1ccc(CC(C)(N)c2cccc(Cl)c2)nc1. The van der Waals surface area contributed by atoms with Crippen LogP contribution in [0.2, 0.25) is 5.02 Å². The molecule has 2 aromatic rings. The normalized spacial score (nSPS) is 14.1. The fourth-order valence-corrected chi connectivity index (χ4v) is 2.28. The summed E-state index contributed by atoms with van der Waals surface area (Å²) in [5.74, 6) is 0. The van der Waals surface area contributed by atoms with Gasteiger partial charge in [0.15, 0.2) is 0 Å². The van der Waals surface area contributed by atoms with Crippen LogP contribution in [0.15, 0.2) is 42.6 Å². The summed E-state index contributed by atoms with van der Waals surface area (Å²) in [7, 11) is 0. The number of aryl methyl sites for hydroxylation is 1. The van der Waals surface area contributed by atoms with Crippen molar-refractivity contribution in [3.05, 3.63) is 64.4 Å². The van der Waals surface area contributed by atoms with E-state index in [1.54, 1.807) is 0 Å². The van der Waals surface area contributed by atoms with Crippen molar-refractivity contribution in [3.63, 3.8) is 0 Å². The lowest BCUT2D eigenvalue weighted by molar-refractivity contribution is 0.485. The van der Waals surface area contributed by atoms with Crippen molar-refractivity contribution in [1.29, 1.82) is 0 Å². The number of hydrogen-bond donors (Lipinski definition) is 1. The summed E-state index contributed by atoms with van der Waals surface area (Å²) in [6.45, 7) is 4.13. The van der Waals surface area contributed by atoms with Gasteiger partial charge in [0.1, 0.15) is 0 Å². The van der Waals surface area contributed by atoms with Crippen LogP contribution in [0.4, 0.5) is 0 Å². The first-order chi connectivity index (χ1) is 9.01. The minimum absolute atomic E-state index is 0.467. The molecule has 2 rings (SSSR count). The molecule has 19 heavy (non-hydrogen) atoms. The fourth-order valence-electron chi connectivity index (χ4n) is 2.09. The van der Waals surface area contributed by atoms with E-state index in [2.05, 4.69) is 24.0 Å². The van der Waals surface area contributed by atoms with Crippen LogP contribution in [0.1, 0.15) is 30.7 Å². The monoisotopic (exact) mass is 274 g/mol. The average Bonchev–Trinajstić information content (AvgIpc) is 2.39. The summed E-state index contributed by atoms with van der Waals surface area (Å²) in [6.07, 6.45) is 3.61. The van der Waals surface area contributed by atoms with Crippen molar-refractivity contribution in [1.82, 2.24) is 4.98 Å². The highest BCUT2D eigenvalue weighted by molar-refractivity contribution is 6.30. The quantitative estimate of drug-likeness (QED) is 0.923. The Morgan fingerprint density at radius 1 is 1.26 bits per heavy atom. The molecular weight excluding hydrogens is 256 g/mol. The molecular formula is C16H19ClN2. The zero-order chi connectivity index (χ0) is 13.9. The first-order valence-electron chi connectivity index (χ1n) is 6.50. The first-order valence-corrected chi connectivity index (χ1v) is 6.88. The Kier molecular flexibility index (Phi) is 4.23. The Bertz CT molecular complexity index is 547. The molecule has 1 unspecified atom stereocenters. The number of halogens is 1. The molecule has 0 saturated carbocycles. The van der Waals surface area contributed by atoms with Crippen molar-refractivity contribution < 1.29 is 0 Å². The number of nitrogens with zero attached hydrogens (tertiary/aromatic N) is 1. The molecule has 0 radical (unpaired) electrons. The smallest absolute Gasteiger partial charge is 0.0437 e. The van der Waals surface area contributed by atoms with Crippen LogP contribution in [0.3, 0.4) is 0 Å². The van der Waals surface area contributed by atoms with Gasteiger partial charge in [0.2, 0.25) is 0 Å². The average molecular weight is 275 g/mol. The molecule has 0 spiro atoms. The lowest BCUT2D eigenvalue weighted by Gasteiger charge is -2.25. The van der Waals surface area contributed by atoms with Gasteiger partial charge < -0.3 is 5.73 Å². The van der Waals surface area contributed by atoms with Crippen LogP contribution < -0.4 is 5.73 Å². The first kappa shape index (κ1) is 14.0. The molecule has 3 heteroatoms. The summed E-state index contributed by atoms with van der Waals surface area (Å²) in [5, 5.41) is 0.712. The van der Waals surface area contributed by atoms with Crippen molar-refractivity contribution >= 4 is 11.6 Å². The second-order valence-corrected chi connectivity index (χ2v) is 5.55. The lowest BCUT2D eigenvalue weighted by atomic mass is 9.88. The number of aromatic nitrogens is 1. The molecule has 0 aliphatic rings. The van der Waals surface area contributed by atoms with Gasteiger partial charge in [-0.05, 0) is 42.7 Å². The fraction of sp³-hybridized carbons (Fsp3) is 0.312. The maximum atomic E-state index is 6.41. The maximum Gasteiger partial charge on any atom is 0.0437 e. The van der Waals surface area contributed by atoms with Gasteiger partial charge in [-0.2, -0.15) is 0 Å². The van der Waals surface area contributed by atoms with E-state index in [4.69, 9.17) is 17.3 Å². The van der Waals surface area contributed by atoms with E-state index < -0.39 is 5.54 Å². The molecule has 1 aromatic heterocycles. The van der Waals surface area contributed by atoms with Gasteiger partial charge in [0.25, 0.3) is 0 Å². The van der Waals surface area contributed by atoms with Gasteiger partial charge >= 0.3 is 0 Å². The third kappa shape index (κ3) is 3.55. The summed E-state index contributed by atoms with van der Waals surface area (Å²) in [4.78, 5) is 4.47. The Labute approximate surface area is 119 Å². The molecule has 100 valence electrons. The van der Waals surface area contributed by atoms with Crippen molar-refractivity contribution in [3.8, 4) is 0 Å². The third-order valence-electron chi connectivity index (χ3n) is 3.33. The molecule has 0 amide bonds. The van der Waals surface area contributed by atoms with Crippen LogP contribution >= 0.6 is 11.6 Å². The summed E-state index contributed by atoms with van der Waals surface area (Å²) in [5.41, 5.74) is 9.22. The molecule has 1 heterocycles. The predicted octanol–water partition coefficient (Wildman–Crippen LogP) is 3.71. The summed E-state index contributed by atoms with van der Waals surface area (Å²) >= 11 is 6.02. The van der Waals surface area contributed by atoms with E-state index in [0.717, 1.165) is 17.7 Å². The van der Waals surface area contributed by atoms with Crippen LogP contribution in [0.5, 0.6) is 0 Å². The Balaban J connectivity index is 2.20. The predicted molar refractivity (Wildman–Crippen MR) is 80.3 cm³/mol. The van der Waals surface area contributed by atoms with E-state index in [1.807, 2.05) is 37.4 Å². The van der Waals surface area contributed by atoms with Crippen LogP contribution in [-0.4, -0.2) is 4.98 Å². The highest BCUT2D eigenvalue weighted by atomic mass is 35.5. The third-order valence-corrected chi connectivity index (χ3v) is 3.56. The van der Waals surface area contributed by atoms with E-state index in [-0.39, 0.29) is 0 Å². The zero-order valence-electron chi connectivity index (χ0n) is 11.4. The highest BCUT2D eigenvalue weighted by Gasteiger charge is 2.22. The molecule has 0 fully saturated rings. The number of rotatable bonds is 4. The zero-order valence-corrected chi connectivity index (χ0v) is 12.1. The highest BCUT2D eigenvalue weighted by Crippen LogP contribution is 2.24. The lowest BCUT2D eigenvalue weighted by Crippen LogP contribution is -2.35. The van der Waals surface area contributed by atoms with Crippen LogP contribution in [-0.2, 0) is 18.4 Å². The van der Waals surface area contributed by atoms with E-state index in [1.165, 1.54) is 5.56 Å². The van der Waals surface area contributed by atoms with Gasteiger partial charge in [-0.1, -0.05) is 36.7 Å². The van der Waals surface area contributed by atoms with Crippen molar-refractivity contribution in [2.45, 2.75) is 32.2 Å². The van der Waals surface area contributed by atoms with Gasteiger partial charge in [0, 0.05) is 28.9 Å². The molecule has 1 atom stereocenters. The Morgan fingerprint density at radius 3 is 2.63 bits per heavy atom. The molecule has 0 bridgehead atoms. The number of hydrogen-bond acceptors (Lipinski definition) is 2. The minimum atomic E-state index is -0.467. The Morgan fingerprint density at radius 2 is 2.05 bits per heavy atom. The largest absolute Gasteiger partial charge is 0.321 e. The van der Waals surface area contributed by atoms with Crippen LogP contribution in [0.25, 0.3) is 0 Å². The number of pyridine rings is 1. The summed E-state index contributed by atoms with van der Waals surface area (Å²) in [6, 6.07) is 11.9. The van der Waals surface area contributed by atoms with Crippen molar-refractivity contribution in [2.75, 3.05) is 0 Å². The molecule has 2 nitrogen and oxygen atoms in total. The number of nitrogens with two attached hydrogens (primary N) is 1. The van der Waals surface area contributed by atoms with Gasteiger partial charge in [0.05, 0.1) is 0 Å². The maximum absolute atomic E-state index is 6.41. The second kappa shape index (κ2) is 5.72. The Hall–Kier alpha value is -1.38. The van der Waals surface area contributed by atoms with Gasteiger partial charge in [-0.15, -0.1) is 0 Å². The molecule has 0 aliphatic heterocycles. The summed E-state index contributed by atoms with van der Waals surface area (Å²) < 4.78 is 0. The molecule has 0 saturated heterocycles. The topological polar surface area (TPSA) is 38.9 Å². The molecule has 1 aromatic carbocycles. The molecule has 2 N–H and O–H groups in total. The van der Waals surface area contributed by atoms with E-state index in [0.29, 0.717) is 11.4 Å². The second-order valence-electron chi connectivity index (χ2n) is 5.12. The molecule has 0 aliphatic carbocycles. The van der Waals surface area contributed by atoms with E-state index in [9.17, 15) is 0 Å². The van der Waals surface area contributed by atoms with Gasteiger partial charge in [-0.25, -0.2) is 0 Å². The number of benzene rings is 1. The van der Waals surface area contributed by atoms with Crippen LogP contribution in [0, 0.1) is 0 Å². The minimum Gasteiger partial charge on any atom is -0.321 e. The van der Waals surface area contributed by atoms with Crippen molar-refractivity contribution in [2.24, 2.45) is 5.73 Å². The standard InChI is InChI=1S/C16H19ClN2/c1-3-12-7-8-15(19-11-12)10-16(2,18)13-5-4-6-14(17)9-13/h4-9,11H,3,10,18H2,1-2H3. The van der Waals surface area contributed by atoms with Gasteiger partial charge in [-0.3, -0.25) is 4.98 Å². The van der Waals surface area contributed by atoms with E-state index >= 15 is 0 Å².